The third-order valence-corrected chi connectivity index (χ3v) is 4.26. The summed E-state index contributed by atoms with van der Waals surface area (Å²) >= 11 is 0. The van der Waals surface area contributed by atoms with E-state index in [0.717, 1.165) is 17.9 Å². The van der Waals surface area contributed by atoms with Crippen molar-refractivity contribution in [2.24, 2.45) is 4.99 Å². The summed E-state index contributed by atoms with van der Waals surface area (Å²) in [5, 5.41) is 0. The second kappa shape index (κ2) is 6.22. The highest BCUT2D eigenvalue weighted by Gasteiger charge is 2.27. The van der Waals surface area contributed by atoms with E-state index in [1.165, 1.54) is 29.7 Å². The molecule has 1 heterocycles. The first-order valence-electron chi connectivity index (χ1n) is 8.40. The highest BCUT2D eigenvalue weighted by atomic mass is 15.3. The number of hydrogen-bond acceptors (Lipinski definition) is 2. The number of aliphatic imine (C=N–C) groups is 1. The molecule has 1 aliphatic carbocycles. The lowest BCUT2D eigenvalue weighted by Gasteiger charge is -2.22. The van der Waals surface area contributed by atoms with Gasteiger partial charge in [0.25, 0.3) is 0 Å². The molecule has 0 bridgehead atoms. The highest BCUT2D eigenvalue weighted by Crippen LogP contribution is 2.38. The third-order valence-electron chi connectivity index (χ3n) is 4.26. The van der Waals surface area contributed by atoms with Crippen LogP contribution in [0.1, 0.15) is 37.2 Å². The fourth-order valence-electron chi connectivity index (χ4n) is 3.13. The van der Waals surface area contributed by atoms with E-state index in [0.29, 0.717) is 12.6 Å². The lowest BCUT2D eigenvalue weighted by Crippen LogP contribution is -2.35. The fourth-order valence-corrected chi connectivity index (χ4v) is 3.13. The number of benzene rings is 1. The van der Waals surface area contributed by atoms with Crippen LogP contribution >= 0.6 is 0 Å². The molecule has 2 aromatic rings. The predicted octanol–water partition coefficient (Wildman–Crippen LogP) is 2.91. The van der Waals surface area contributed by atoms with Crippen LogP contribution in [-0.4, -0.2) is 53.5 Å². The van der Waals surface area contributed by atoms with Gasteiger partial charge in [-0.1, -0.05) is 13.0 Å². The Kier molecular flexibility index (Phi) is 4.28. The normalized spacial score (nSPS) is 14.1. The molecule has 1 saturated carbocycles. The van der Waals surface area contributed by atoms with Crippen LogP contribution in [-0.2, 0) is 13.0 Å². The summed E-state index contributed by atoms with van der Waals surface area (Å²) in [5.74, 6) is 2.19. The van der Waals surface area contributed by atoms with E-state index < -0.39 is 0 Å². The molecule has 124 valence electrons. The molecule has 0 amide bonds. The summed E-state index contributed by atoms with van der Waals surface area (Å²) in [6, 6.07) is 7.28. The number of hydrogen-bond donors (Lipinski definition) is 0. The first-order chi connectivity index (χ1) is 11.0. The largest absolute Gasteiger partial charge is 0.349 e. The summed E-state index contributed by atoms with van der Waals surface area (Å²) in [6.07, 6.45) is 3.57. The molecule has 0 atom stereocenters. The van der Waals surface area contributed by atoms with Crippen molar-refractivity contribution < 1.29 is 0 Å². The maximum atomic E-state index is 4.84. The van der Waals surface area contributed by atoms with Gasteiger partial charge in [-0.15, -0.1) is 0 Å². The predicted molar refractivity (Wildman–Crippen MR) is 95.9 cm³/mol. The van der Waals surface area contributed by atoms with E-state index >= 15 is 0 Å². The molecular weight excluding hydrogens is 286 g/mol. The number of nitrogens with zero attached hydrogens (tertiary/aromatic N) is 5. The summed E-state index contributed by atoms with van der Waals surface area (Å²) in [5.41, 5.74) is 3.59. The average molecular weight is 313 g/mol. The fraction of sp³-hybridized carbons (Fsp3) is 0.556. The molecule has 0 saturated heterocycles. The molecule has 1 aliphatic rings. The minimum Gasteiger partial charge on any atom is -0.349 e. The van der Waals surface area contributed by atoms with Crippen LogP contribution in [0.5, 0.6) is 0 Å². The number of guanidine groups is 1. The Bertz CT molecular complexity index is 712. The lowest BCUT2D eigenvalue weighted by atomic mass is 10.2. The number of aryl methyl sites for hydroxylation is 1. The van der Waals surface area contributed by atoms with Crippen LogP contribution in [0.15, 0.2) is 23.2 Å². The monoisotopic (exact) mass is 313 g/mol. The number of imidazole rings is 1. The Hall–Kier alpha value is -2.04. The van der Waals surface area contributed by atoms with Gasteiger partial charge in [0, 0.05) is 40.7 Å². The number of fused-ring (bicyclic) bond motifs is 1. The SMILES string of the molecule is CCc1nc2cc(CN=C(N(C)C)N(C)C)ccc2n1C1CC1. The molecule has 5 heteroatoms. The van der Waals surface area contributed by atoms with Crippen molar-refractivity contribution in [2.75, 3.05) is 28.2 Å². The average Bonchev–Trinajstić information content (AvgIpc) is 3.26. The van der Waals surface area contributed by atoms with Crippen LogP contribution in [0.25, 0.3) is 11.0 Å². The van der Waals surface area contributed by atoms with Crippen molar-refractivity contribution in [1.29, 1.82) is 0 Å². The van der Waals surface area contributed by atoms with E-state index in [1.54, 1.807) is 0 Å². The highest BCUT2D eigenvalue weighted by molar-refractivity contribution is 5.80. The van der Waals surface area contributed by atoms with Crippen LogP contribution in [0.2, 0.25) is 0 Å². The zero-order valence-electron chi connectivity index (χ0n) is 14.9. The quantitative estimate of drug-likeness (QED) is 0.643. The molecule has 1 fully saturated rings. The molecule has 1 aromatic heterocycles. The molecule has 0 N–H and O–H groups in total. The third kappa shape index (κ3) is 3.19. The van der Waals surface area contributed by atoms with E-state index in [1.807, 2.05) is 38.0 Å². The van der Waals surface area contributed by atoms with E-state index in [-0.39, 0.29) is 0 Å². The smallest absolute Gasteiger partial charge is 0.195 e. The standard InChI is InChI=1S/C18H27N5/c1-6-17-20-15-11-13(12-19-18(21(2)3)22(4)5)7-10-16(15)23(17)14-8-9-14/h7,10-11,14H,6,8-9,12H2,1-5H3. The maximum Gasteiger partial charge on any atom is 0.195 e. The first-order valence-corrected chi connectivity index (χ1v) is 8.40. The zero-order valence-corrected chi connectivity index (χ0v) is 14.9. The second-order valence-electron chi connectivity index (χ2n) is 6.71. The molecule has 0 radical (unpaired) electrons. The Morgan fingerprint density at radius 2 is 1.91 bits per heavy atom. The molecular formula is C18H27N5. The van der Waals surface area contributed by atoms with Crippen LogP contribution < -0.4 is 0 Å². The summed E-state index contributed by atoms with van der Waals surface area (Å²) < 4.78 is 2.44. The minimum absolute atomic E-state index is 0.674. The van der Waals surface area contributed by atoms with E-state index in [9.17, 15) is 0 Å². The van der Waals surface area contributed by atoms with Gasteiger partial charge in [-0.2, -0.15) is 0 Å². The van der Waals surface area contributed by atoms with Gasteiger partial charge in [0.1, 0.15) is 5.82 Å². The molecule has 1 aromatic carbocycles. The maximum absolute atomic E-state index is 4.84. The number of aromatic nitrogens is 2. The van der Waals surface area contributed by atoms with Gasteiger partial charge >= 0.3 is 0 Å². The summed E-state index contributed by atoms with van der Waals surface area (Å²) in [6.45, 7) is 2.87. The molecule has 3 rings (SSSR count). The van der Waals surface area contributed by atoms with Gasteiger partial charge in [0.2, 0.25) is 0 Å². The topological polar surface area (TPSA) is 36.7 Å². The second-order valence-corrected chi connectivity index (χ2v) is 6.71. The molecule has 0 unspecified atom stereocenters. The molecule has 0 spiro atoms. The van der Waals surface area contributed by atoms with Crippen LogP contribution in [0, 0.1) is 0 Å². The van der Waals surface area contributed by atoms with Gasteiger partial charge in [-0.3, -0.25) is 0 Å². The van der Waals surface area contributed by atoms with Crippen LogP contribution in [0.3, 0.4) is 0 Å². The van der Waals surface area contributed by atoms with Crippen molar-refractivity contribution >= 4 is 17.0 Å². The molecule has 0 aliphatic heterocycles. The van der Waals surface area contributed by atoms with Gasteiger partial charge in [0.05, 0.1) is 17.6 Å². The molecule has 23 heavy (non-hydrogen) atoms. The lowest BCUT2D eigenvalue weighted by molar-refractivity contribution is 0.479. The van der Waals surface area contributed by atoms with Gasteiger partial charge in [-0.25, -0.2) is 9.98 Å². The minimum atomic E-state index is 0.674. The van der Waals surface area contributed by atoms with Crippen molar-refractivity contribution in [2.45, 2.75) is 38.8 Å². The van der Waals surface area contributed by atoms with Crippen molar-refractivity contribution in [1.82, 2.24) is 19.4 Å². The summed E-state index contributed by atoms with van der Waals surface area (Å²) in [4.78, 5) is 13.6. The Labute approximate surface area is 138 Å². The van der Waals surface area contributed by atoms with Crippen molar-refractivity contribution in [3.8, 4) is 0 Å². The van der Waals surface area contributed by atoms with Crippen molar-refractivity contribution in [3.05, 3.63) is 29.6 Å². The van der Waals surface area contributed by atoms with Crippen LogP contribution in [0.4, 0.5) is 0 Å². The van der Waals surface area contributed by atoms with Gasteiger partial charge < -0.3 is 14.4 Å². The summed E-state index contributed by atoms with van der Waals surface area (Å²) in [7, 11) is 8.08. The zero-order chi connectivity index (χ0) is 16.6. The Balaban J connectivity index is 1.90. The van der Waals surface area contributed by atoms with Gasteiger partial charge in [0.15, 0.2) is 5.96 Å². The Morgan fingerprint density at radius 1 is 1.22 bits per heavy atom. The molecule has 5 nitrogen and oxygen atoms in total. The first kappa shape index (κ1) is 15.8. The van der Waals surface area contributed by atoms with E-state index in [4.69, 9.17) is 9.98 Å². The van der Waals surface area contributed by atoms with Gasteiger partial charge in [-0.05, 0) is 30.5 Å². The van der Waals surface area contributed by atoms with Crippen molar-refractivity contribution in [3.63, 3.8) is 0 Å². The number of rotatable bonds is 4. The van der Waals surface area contributed by atoms with E-state index in [2.05, 4.69) is 29.7 Å². The Morgan fingerprint density at radius 3 is 2.48 bits per heavy atom.